The first-order valence-corrected chi connectivity index (χ1v) is 6.65. The van der Waals surface area contributed by atoms with Gasteiger partial charge in [0.05, 0.1) is 5.56 Å². The van der Waals surface area contributed by atoms with Crippen molar-refractivity contribution in [1.29, 1.82) is 0 Å². The van der Waals surface area contributed by atoms with Gasteiger partial charge < -0.3 is 15.4 Å². The summed E-state index contributed by atoms with van der Waals surface area (Å²) in [6, 6.07) is 3.94. The summed E-state index contributed by atoms with van der Waals surface area (Å²) in [5.41, 5.74) is -0.00621. The lowest BCUT2D eigenvalue weighted by Gasteiger charge is -2.11. The van der Waals surface area contributed by atoms with Crippen LogP contribution in [-0.4, -0.2) is 32.2 Å². The van der Waals surface area contributed by atoms with Gasteiger partial charge in [-0.2, -0.15) is 8.78 Å². The second kappa shape index (κ2) is 8.71. The summed E-state index contributed by atoms with van der Waals surface area (Å²) < 4.78 is 28.8. The highest BCUT2D eigenvalue weighted by Gasteiger charge is 2.16. The quantitative estimate of drug-likeness (QED) is 0.726. The molecule has 0 fully saturated rings. The lowest BCUT2D eigenvalue weighted by atomic mass is 10.2. The maximum Gasteiger partial charge on any atom is 0.387 e. The summed E-state index contributed by atoms with van der Waals surface area (Å²) in [5.74, 6) is -0.690. The fourth-order valence-electron chi connectivity index (χ4n) is 1.54. The number of nitrogens with one attached hydrogen (secondary N) is 2. The van der Waals surface area contributed by atoms with Gasteiger partial charge in [-0.1, -0.05) is 18.5 Å². The number of ether oxygens (including phenoxy) is 1. The summed E-state index contributed by atoms with van der Waals surface area (Å²) >= 11 is 5.76. The third-order valence-corrected chi connectivity index (χ3v) is 2.65. The molecule has 0 unspecified atom stereocenters. The molecular weight excluding hydrogens is 290 g/mol. The van der Waals surface area contributed by atoms with Gasteiger partial charge in [-0.25, -0.2) is 0 Å². The van der Waals surface area contributed by atoms with Gasteiger partial charge in [0.2, 0.25) is 0 Å². The van der Waals surface area contributed by atoms with E-state index in [1.807, 2.05) is 6.92 Å². The number of amides is 1. The predicted molar refractivity (Wildman–Crippen MR) is 73.6 cm³/mol. The Morgan fingerprint density at radius 3 is 2.75 bits per heavy atom. The summed E-state index contributed by atoms with van der Waals surface area (Å²) in [4.78, 5) is 11.9. The molecule has 0 heterocycles. The normalized spacial score (nSPS) is 10.7. The van der Waals surface area contributed by atoms with Crippen molar-refractivity contribution in [2.75, 3.05) is 19.6 Å². The maximum absolute atomic E-state index is 12.3. The van der Waals surface area contributed by atoms with Crippen molar-refractivity contribution in [1.82, 2.24) is 10.6 Å². The summed E-state index contributed by atoms with van der Waals surface area (Å²) in [5, 5.41) is 6.00. The summed E-state index contributed by atoms with van der Waals surface area (Å²) in [6.07, 6.45) is 0.995. The standard InChI is InChI=1S/C13H17ClF2N2O2/c1-2-5-17-6-7-18-12(19)10-8-9(14)3-4-11(10)20-13(15)16/h3-4,8,13,17H,2,5-7H2,1H3,(H,18,19). The fourth-order valence-corrected chi connectivity index (χ4v) is 1.71. The van der Waals surface area contributed by atoms with E-state index in [9.17, 15) is 13.6 Å². The lowest BCUT2D eigenvalue weighted by molar-refractivity contribution is -0.0501. The monoisotopic (exact) mass is 306 g/mol. The Hall–Kier alpha value is -1.40. The minimum Gasteiger partial charge on any atom is -0.434 e. The molecule has 1 rings (SSSR count). The molecule has 0 aromatic heterocycles. The molecule has 0 bridgehead atoms. The molecule has 0 aliphatic heterocycles. The van der Waals surface area contributed by atoms with Gasteiger partial charge in [0.25, 0.3) is 5.91 Å². The Balaban J connectivity index is 2.63. The number of alkyl halides is 2. The summed E-state index contributed by atoms with van der Waals surface area (Å²) in [6.45, 7) is 0.886. The Labute approximate surface area is 121 Å². The molecule has 2 N–H and O–H groups in total. The van der Waals surface area contributed by atoms with Crippen LogP contribution in [0.5, 0.6) is 5.75 Å². The van der Waals surface area contributed by atoms with Crippen LogP contribution in [-0.2, 0) is 0 Å². The van der Waals surface area contributed by atoms with Crippen LogP contribution in [0.15, 0.2) is 18.2 Å². The molecule has 0 saturated carbocycles. The van der Waals surface area contributed by atoms with Crippen LogP contribution in [0.2, 0.25) is 5.02 Å². The molecule has 0 atom stereocenters. The van der Waals surface area contributed by atoms with Crippen LogP contribution in [0.1, 0.15) is 23.7 Å². The number of hydrogen-bond donors (Lipinski definition) is 2. The molecule has 1 aromatic carbocycles. The predicted octanol–water partition coefficient (Wildman–Crippen LogP) is 2.67. The van der Waals surface area contributed by atoms with E-state index < -0.39 is 12.5 Å². The van der Waals surface area contributed by atoms with E-state index in [1.165, 1.54) is 18.2 Å². The van der Waals surface area contributed by atoms with E-state index in [1.54, 1.807) is 0 Å². The molecule has 20 heavy (non-hydrogen) atoms. The van der Waals surface area contributed by atoms with Crippen molar-refractivity contribution >= 4 is 17.5 Å². The van der Waals surface area contributed by atoms with E-state index >= 15 is 0 Å². The van der Waals surface area contributed by atoms with Gasteiger partial charge in [-0.05, 0) is 31.2 Å². The van der Waals surface area contributed by atoms with E-state index in [2.05, 4.69) is 15.4 Å². The number of carbonyl (C=O) groups excluding carboxylic acids is 1. The first-order valence-electron chi connectivity index (χ1n) is 6.28. The van der Waals surface area contributed by atoms with Crippen LogP contribution < -0.4 is 15.4 Å². The number of halogens is 3. The smallest absolute Gasteiger partial charge is 0.387 e. The molecule has 112 valence electrons. The average Bonchev–Trinajstić information content (AvgIpc) is 2.40. The summed E-state index contributed by atoms with van der Waals surface area (Å²) in [7, 11) is 0. The molecule has 0 saturated heterocycles. The van der Waals surface area contributed by atoms with E-state index in [0.29, 0.717) is 13.1 Å². The lowest BCUT2D eigenvalue weighted by Crippen LogP contribution is -2.32. The number of hydrogen-bond acceptors (Lipinski definition) is 3. The number of carbonyl (C=O) groups is 1. The van der Waals surface area contributed by atoms with Gasteiger partial charge in [0, 0.05) is 18.1 Å². The largest absolute Gasteiger partial charge is 0.434 e. The topological polar surface area (TPSA) is 50.4 Å². The van der Waals surface area contributed by atoms with E-state index in [4.69, 9.17) is 11.6 Å². The van der Waals surface area contributed by atoms with Crippen LogP contribution in [0.4, 0.5) is 8.78 Å². The van der Waals surface area contributed by atoms with Gasteiger partial charge >= 0.3 is 6.61 Å². The molecule has 4 nitrogen and oxygen atoms in total. The maximum atomic E-state index is 12.3. The second-order valence-electron chi connectivity index (χ2n) is 4.02. The molecule has 7 heteroatoms. The van der Waals surface area contributed by atoms with Crippen molar-refractivity contribution in [2.45, 2.75) is 20.0 Å². The molecule has 0 spiro atoms. The Kier molecular flexibility index (Phi) is 7.25. The minimum atomic E-state index is -2.99. The van der Waals surface area contributed by atoms with Crippen LogP contribution in [0, 0.1) is 0 Å². The number of rotatable bonds is 8. The van der Waals surface area contributed by atoms with Gasteiger partial charge in [0.15, 0.2) is 0 Å². The molecule has 1 aromatic rings. The van der Waals surface area contributed by atoms with E-state index in [0.717, 1.165) is 13.0 Å². The third-order valence-electron chi connectivity index (χ3n) is 2.42. The molecule has 0 aliphatic rings. The van der Waals surface area contributed by atoms with Crippen LogP contribution in [0.3, 0.4) is 0 Å². The highest BCUT2D eigenvalue weighted by Crippen LogP contribution is 2.24. The first-order chi connectivity index (χ1) is 9.54. The molecule has 1 amide bonds. The SMILES string of the molecule is CCCNCCNC(=O)c1cc(Cl)ccc1OC(F)F. The Bertz CT molecular complexity index is 444. The van der Waals surface area contributed by atoms with Crippen molar-refractivity contribution in [3.63, 3.8) is 0 Å². The van der Waals surface area contributed by atoms with E-state index in [-0.39, 0.29) is 16.3 Å². The van der Waals surface area contributed by atoms with Gasteiger partial charge in [-0.3, -0.25) is 4.79 Å². The number of benzene rings is 1. The van der Waals surface area contributed by atoms with Crippen LogP contribution >= 0.6 is 11.6 Å². The first kappa shape index (κ1) is 16.7. The van der Waals surface area contributed by atoms with Crippen LogP contribution in [0.25, 0.3) is 0 Å². The minimum absolute atomic E-state index is 0.00621. The average molecular weight is 307 g/mol. The zero-order chi connectivity index (χ0) is 15.0. The van der Waals surface area contributed by atoms with Crippen molar-refractivity contribution < 1.29 is 18.3 Å². The van der Waals surface area contributed by atoms with Crippen molar-refractivity contribution in [2.24, 2.45) is 0 Å². The molecule has 0 radical (unpaired) electrons. The molecule has 0 aliphatic carbocycles. The fraction of sp³-hybridized carbons (Fsp3) is 0.462. The van der Waals surface area contributed by atoms with Gasteiger partial charge in [0.1, 0.15) is 5.75 Å². The third kappa shape index (κ3) is 5.71. The van der Waals surface area contributed by atoms with Gasteiger partial charge in [-0.15, -0.1) is 0 Å². The Morgan fingerprint density at radius 2 is 2.10 bits per heavy atom. The zero-order valence-corrected chi connectivity index (χ0v) is 11.8. The van der Waals surface area contributed by atoms with Crippen molar-refractivity contribution in [3.8, 4) is 5.75 Å². The Morgan fingerprint density at radius 1 is 1.35 bits per heavy atom. The zero-order valence-electron chi connectivity index (χ0n) is 11.1. The molecular formula is C13H17ClF2N2O2. The highest BCUT2D eigenvalue weighted by molar-refractivity contribution is 6.31. The second-order valence-corrected chi connectivity index (χ2v) is 4.46. The highest BCUT2D eigenvalue weighted by atomic mass is 35.5. The van der Waals surface area contributed by atoms with Crippen molar-refractivity contribution in [3.05, 3.63) is 28.8 Å².